The average Bonchev–Trinajstić information content (AvgIpc) is 2.75. The molecule has 1 heterocycles. The highest BCUT2D eigenvalue weighted by Crippen LogP contribution is 2.31. The van der Waals surface area contributed by atoms with Crippen LogP contribution in [0.25, 0.3) is 0 Å². The molecule has 0 aliphatic rings. The molecule has 2 rings (SSSR count). The van der Waals surface area contributed by atoms with E-state index >= 15 is 0 Å². The molecule has 0 saturated carbocycles. The van der Waals surface area contributed by atoms with Gasteiger partial charge in [0, 0.05) is 9.35 Å². The Labute approximate surface area is 118 Å². The van der Waals surface area contributed by atoms with E-state index in [1.807, 2.05) is 29.6 Å². The summed E-state index contributed by atoms with van der Waals surface area (Å²) in [4.78, 5) is 1.07. The monoisotopic (exact) mass is 330 g/mol. The van der Waals surface area contributed by atoms with Gasteiger partial charge in [0.05, 0.1) is 11.1 Å². The Morgan fingerprint density at radius 3 is 2.71 bits per heavy atom. The summed E-state index contributed by atoms with van der Waals surface area (Å²) in [6.07, 6.45) is 0.804. The second-order valence-electron chi connectivity index (χ2n) is 3.65. The van der Waals surface area contributed by atoms with Crippen molar-refractivity contribution in [2.45, 2.75) is 12.5 Å². The van der Waals surface area contributed by atoms with Crippen molar-refractivity contribution in [1.29, 1.82) is 0 Å². The van der Waals surface area contributed by atoms with Crippen molar-refractivity contribution in [2.75, 3.05) is 0 Å². The molecule has 0 fully saturated rings. The Morgan fingerprint density at radius 2 is 2.12 bits per heavy atom. The Bertz CT molecular complexity index is 501. The van der Waals surface area contributed by atoms with Gasteiger partial charge < -0.3 is 0 Å². The molecule has 2 aromatic rings. The van der Waals surface area contributed by atoms with Crippen LogP contribution < -0.4 is 11.3 Å². The third-order valence-electron chi connectivity index (χ3n) is 2.54. The molecule has 0 amide bonds. The molecule has 3 N–H and O–H groups in total. The standard InChI is InChI=1S/C12H12BrClN2S/c13-9-4-2-1-3-8(9)7-11(16-15)12-10(14)5-6-17-12/h1-6,11,16H,7,15H2. The minimum absolute atomic E-state index is 0.0428. The largest absolute Gasteiger partial charge is 0.271 e. The van der Waals surface area contributed by atoms with E-state index in [1.54, 1.807) is 11.3 Å². The number of nitrogens with two attached hydrogens (primary N) is 1. The minimum Gasteiger partial charge on any atom is -0.271 e. The fourth-order valence-electron chi connectivity index (χ4n) is 1.67. The smallest absolute Gasteiger partial charge is 0.0608 e. The van der Waals surface area contributed by atoms with E-state index in [9.17, 15) is 0 Å². The zero-order valence-electron chi connectivity index (χ0n) is 8.99. The van der Waals surface area contributed by atoms with Gasteiger partial charge in [0.25, 0.3) is 0 Å². The molecule has 1 aromatic heterocycles. The summed E-state index contributed by atoms with van der Waals surface area (Å²) in [5, 5.41) is 2.74. The third kappa shape index (κ3) is 3.09. The quantitative estimate of drug-likeness (QED) is 0.658. The van der Waals surface area contributed by atoms with Gasteiger partial charge in [0.15, 0.2) is 0 Å². The predicted molar refractivity (Wildman–Crippen MR) is 77.2 cm³/mol. The van der Waals surface area contributed by atoms with Crippen LogP contribution in [0.2, 0.25) is 5.02 Å². The van der Waals surface area contributed by atoms with Crippen LogP contribution in [0.3, 0.4) is 0 Å². The third-order valence-corrected chi connectivity index (χ3v) is 4.79. The lowest BCUT2D eigenvalue weighted by Gasteiger charge is -2.15. The molecule has 0 aliphatic carbocycles. The van der Waals surface area contributed by atoms with Crippen LogP contribution in [0.1, 0.15) is 16.5 Å². The van der Waals surface area contributed by atoms with E-state index in [0.29, 0.717) is 0 Å². The lowest BCUT2D eigenvalue weighted by molar-refractivity contribution is 0.560. The molecule has 1 aromatic carbocycles. The van der Waals surface area contributed by atoms with Crippen molar-refractivity contribution in [1.82, 2.24) is 5.43 Å². The normalized spacial score (nSPS) is 12.6. The van der Waals surface area contributed by atoms with Gasteiger partial charge in [-0.3, -0.25) is 11.3 Å². The molecule has 0 spiro atoms. The number of benzene rings is 1. The van der Waals surface area contributed by atoms with Crippen LogP contribution in [0, 0.1) is 0 Å². The summed E-state index contributed by atoms with van der Waals surface area (Å²) >= 11 is 11.3. The molecular weight excluding hydrogens is 320 g/mol. The number of nitrogens with one attached hydrogen (secondary N) is 1. The van der Waals surface area contributed by atoms with E-state index in [-0.39, 0.29) is 6.04 Å². The number of hydrazine groups is 1. The van der Waals surface area contributed by atoms with Gasteiger partial charge in [-0.1, -0.05) is 45.7 Å². The number of hydrogen-bond acceptors (Lipinski definition) is 3. The molecule has 0 aliphatic heterocycles. The number of rotatable bonds is 4. The lowest BCUT2D eigenvalue weighted by Crippen LogP contribution is -2.29. The Morgan fingerprint density at radius 1 is 1.35 bits per heavy atom. The first-order valence-electron chi connectivity index (χ1n) is 5.14. The summed E-state index contributed by atoms with van der Waals surface area (Å²) < 4.78 is 1.09. The fraction of sp³-hybridized carbons (Fsp3) is 0.167. The maximum absolute atomic E-state index is 6.12. The molecule has 17 heavy (non-hydrogen) atoms. The van der Waals surface area contributed by atoms with Crippen molar-refractivity contribution in [3.63, 3.8) is 0 Å². The predicted octanol–water partition coefficient (Wildman–Crippen LogP) is 3.91. The highest BCUT2D eigenvalue weighted by molar-refractivity contribution is 9.10. The van der Waals surface area contributed by atoms with Gasteiger partial charge in [0.1, 0.15) is 0 Å². The molecular formula is C12H12BrClN2S. The molecule has 5 heteroatoms. The SMILES string of the molecule is NNC(Cc1ccccc1Br)c1sccc1Cl. The van der Waals surface area contributed by atoms with E-state index in [2.05, 4.69) is 27.4 Å². The zero-order valence-corrected chi connectivity index (χ0v) is 12.1. The minimum atomic E-state index is 0.0428. The first-order valence-corrected chi connectivity index (χ1v) is 7.20. The molecule has 1 unspecified atom stereocenters. The Balaban J connectivity index is 2.22. The number of hydrogen-bond donors (Lipinski definition) is 2. The maximum Gasteiger partial charge on any atom is 0.0608 e. The number of thiophene rings is 1. The van der Waals surface area contributed by atoms with Crippen molar-refractivity contribution in [2.24, 2.45) is 5.84 Å². The van der Waals surface area contributed by atoms with Crippen LogP contribution in [-0.4, -0.2) is 0 Å². The zero-order chi connectivity index (χ0) is 12.3. The van der Waals surface area contributed by atoms with Gasteiger partial charge in [-0.15, -0.1) is 11.3 Å². The second-order valence-corrected chi connectivity index (χ2v) is 5.86. The topological polar surface area (TPSA) is 38.0 Å². The van der Waals surface area contributed by atoms with Crippen LogP contribution in [-0.2, 0) is 6.42 Å². The Hall–Kier alpha value is -0.390. The van der Waals surface area contributed by atoms with E-state index in [1.165, 1.54) is 5.56 Å². The van der Waals surface area contributed by atoms with Gasteiger partial charge in [-0.2, -0.15) is 0 Å². The average molecular weight is 332 g/mol. The van der Waals surface area contributed by atoms with Gasteiger partial charge in [-0.25, -0.2) is 0 Å². The second kappa shape index (κ2) is 5.98. The highest BCUT2D eigenvalue weighted by Gasteiger charge is 2.16. The van der Waals surface area contributed by atoms with E-state index < -0.39 is 0 Å². The summed E-state index contributed by atoms with van der Waals surface area (Å²) in [6, 6.07) is 10.1. The first kappa shape index (κ1) is 13.1. The van der Waals surface area contributed by atoms with Crippen LogP contribution in [0.4, 0.5) is 0 Å². The Kier molecular flexibility index (Phi) is 4.59. The maximum atomic E-state index is 6.12. The summed E-state index contributed by atoms with van der Waals surface area (Å²) in [7, 11) is 0. The van der Waals surface area contributed by atoms with Crippen molar-refractivity contribution in [3.05, 3.63) is 55.6 Å². The molecule has 0 saturated heterocycles. The highest BCUT2D eigenvalue weighted by atomic mass is 79.9. The fourth-order valence-corrected chi connectivity index (χ4v) is 3.36. The number of halogens is 2. The first-order chi connectivity index (χ1) is 8.22. The van der Waals surface area contributed by atoms with Gasteiger partial charge in [0.2, 0.25) is 0 Å². The van der Waals surface area contributed by atoms with Crippen LogP contribution in [0.5, 0.6) is 0 Å². The summed E-state index contributed by atoms with van der Waals surface area (Å²) in [5.41, 5.74) is 4.03. The molecule has 1 atom stereocenters. The molecule has 2 nitrogen and oxygen atoms in total. The van der Waals surface area contributed by atoms with Crippen molar-refractivity contribution < 1.29 is 0 Å². The van der Waals surface area contributed by atoms with Gasteiger partial charge in [-0.05, 0) is 29.5 Å². The van der Waals surface area contributed by atoms with Crippen LogP contribution >= 0.6 is 38.9 Å². The van der Waals surface area contributed by atoms with Crippen molar-refractivity contribution in [3.8, 4) is 0 Å². The van der Waals surface area contributed by atoms with Gasteiger partial charge >= 0.3 is 0 Å². The van der Waals surface area contributed by atoms with Crippen LogP contribution in [0.15, 0.2) is 40.2 Å². The van der Waals surface area contributed by atoms with E-state index in [0.717, 1.165) is 20.8 Å². The van der Waals surface area contributed by atoms with E-state index in [4.69, 9.17) is 17.4 Å². The summed E-state index contributed by atoms with van der Waals surface area (Å²) in [5.74, 6) is 5.61. The molecule has 90 valence electrons. The molecule has 0 bridgehead atoms. The molecule has 0 radical (unpaired) electrons. The summed E-state index contributed by atoms with van der Waals surface area (Å²) in [6.45, 7) is 0. The lowest BCUT2D eigenvalue weighted by atomic mass is 10.1. The van der Waals surface area contributed by atoms with Crippen molar-refractivity contribution >= 4 is 38.9 Å².